The molecule has 1 unspecified atom stereocenters. The van der Waals surface area contributed by atoms with Crippen molar-refractivity contribution in [3.05, 3.63) is 57.2 Å². The lowest BCUT2D eigenvalue weighted by Gasteiger charge is -2.46. The van der Waals surface area contributed by atoms with Crippen LogP contribution in [0.25, 0.3) is 0 Å². The molecule has 6 nitrogen and oxygen atoms in total. The number of thioether (sulfide) groups is 1. The summed E-state index contributed by atoms with van der Waals surface area (Å²) in [6.07, 6.45) is 1.73. The summed E-state index contributed by atoms with van der Waals surface area (Å²) in [7, 11) is 0. The number of fused-ring (bicyclic) bond motifs is 1. The Morgan fingerprint density at radius 1 is 1.37 bits per heavy atom. The minimum absolute atomic E-state index is 0.201. The van der Waals surface area contributed by atoms with Crippen LogP contribution in [-0.2, 0) is 25.8 Å². The van der Waals surface area contributed by atoms with Crippen molar-refractivity contribution in [3.63, 3.8) is 0 Å². The van der Waals surface area contributed by atoms with E-state index in [0.29, 0.717) is 29.3 Å². The van der Waals surface area contributed by atoms with Crippen LogP contribution in [0.2, 0.25) is 0 Å². The van der Waals surface area contributed by atoms with Crippen LogP contribution in [0.15, 0.2) is 56.8 Å². The van der Waals surface area contributed by atoms with Crippen LogP contribution in [0, 0.1) is 0 Å². The molecule has 1 fully saturated rings. The second-order valence-electron chi connectivity index (χ2n) is 8.17. The van der Waals surface area contributed by atoms with Gasteiger partial charge in [-0.05, 0) is 52.3 Å². The summed E-state index contributed by atoms with van der Waals surface area (Å²) in [5.74, 6) is 0.00219. The first-order valence-corrected chi connectivity index (χ1v) is 11.4. The Hall–Kier alpha value is -2.06. The fourth-order valence-corrected chi connectivity index (χ4v) is 4.73. The van der Waals surface area contributed by atoms with Gasteiger partial charge in [-0.25, -0.2) is 4.79 Å². The minimum Gasteiger partial charge on any atom is -0.455 e. The van der Waals surface area contributed by atoms with Crippen LogP contribution in [0.1, 0.15) is 40.2 Å². The first-order chi connectivity index (χ1) is 14.1. The third-order valence-corrected chi connectivity index (χ3v) is 6.57. The molecule has 0 radical (unpaired) electrons. The quantitative estimate of drug-likeness (QED) is 0.194. The lowest BCUT2D eigenvalue weighted by atomic mass is 10.0. The summed E-state index contributed by atoms with van der Waals surface area (Å²) in [5, 5.41) is 3.90. The SMILES string of the molecule is CC1=C(C(=O)OC(C)(C)C)N2C(=O)/C(=C/C(C)=N\OCc3ccccc3Br)C2SC1. The smallest absolute Gasteiger partial charge is 0.355 e. The lowest BCUT2D eigenvalue weighted by Crippen LogP contribution is -2.56. The molecule has 1 aromatic carbocycles. The number of rotatable bonds is 5. The van der Waals surface area contributed by atoms with E-state index in [4.69, 9.17) is 9.57 Å². The number of carbonyl (C=O) groups is 2. The Kier molecular flexibility index (Phi) is 6.77. The van der Waals surface area contributed by atoms with Crippen molar-refractivity contribution in [2.45, 2.75) is 52.2 Å². The van der Waals surface area contributed by atoms with Gasteiger partial charge in [0.25, 0.3) is 5.91 Å². The number of amides is 1. The van der Waals surface area contributed by atoms with Crippen molar-refractivity contribution in [1.29, 1.82) is 0 Å². The maximum atomic E-state index is 12.8. The molecule has 30 heavy (non-hydrogen) atoms. The Morgan fingerprint density at radius 2 is 2.07 bits per heavy atom. The number of benzene rings is 1. The molecule has 3 rings (SSSR count). The number of carbonyl (C=O) groups excluding carboxylic acids is 2. The molecule has 1 aromatic rings. The highest BCUT2D eigenvalue weighted by Gasteiger charge is 2.49. The molecule has 1 saturated heterocycles. The Morgan fingerprint density at radius 3 is 2.73 bits per heavy atom. The molecule has 0 spiro atoms. The van der Waals surface area contributed by atoms with E-state index in [1.807, 2.05) is 52.0 Å². The number of hydrogen-bond donors (Lipinski definition) is 0. The zero-order chi connectivity index (χ0) is 22.1. The van der Waals surface area contributed by atoms with Gasteiger partial charge in [0.15, 0.2) is 0 Å². The van der Waals surface area contributed by atoms with Crippen LogP contribution in [-0.4, -0.2) is 39.2 Å². The van der Waals surface area contributed by atoms with Gasteiger partial charge in [0, 0.05) is 15.8 Å². The van der Waals surface area contributed by atoms with Gasteiger partial charge in [-0.15, -0.1) is 11.8 Å². The molecule has 8 heteroatoms. The number of oxime groups is 1. The summed E-state index contributed by atoms with van der Waals surface area (Å²) in [4.78, 5) is 32.4. The number of halogens is 1. The minimum atomic E-state index is -0.620. The van der Waals surface area contributed by atoms with E-state index in [1.54, 1.807) is 24.8 Å². The number of hydrogen-bond acceptors (Lipinski definition) is 6. The van der Waals surface area contributed by atoms with Gasteiger partial charge in [-0.2, -0.15) is 0 Å². The van der Waals surface area contributed by atoms with Gasteiger partial charge < -0.3 is 9.57 Å². The largest absolute Gasteiger partial charge is 0.455 e. The predicted octanol–water partition coefficient (Wildman–Crippen LogP) is 4.80. The zero-order valence-electron chi connectivity index (χ0n) is 17.7. The van der Waals surface area contributed by atoms with E-state index < -0.39 is 11.6 Å². The Balaban J connectivity index is 1.69. The number of β-lactam (4-membered cyclic amide) rings is 1. The van der Waals surface area contributed by atoms with Crippen LogP contribution in [0.5, 0.6) is 0 Å². The second-order valence-corrected chi connectivity index (χ2v) is 10.1. The van der Waals surface area contributed by atoms with Gasteiger partial charge in [-0.1, -0.05) is 39.3 Å². The molecule has 0 aromatic heterocycles. The van der Waals surface area contributed by atoms with Crippen LogP contribution in [0.3, 0.4) is 0 Å². The molecule has 1 atom stereocenters. The lowest BCUT2D eigenvalue weighted by molar-refractivity contribution is -0.155. The fourth-order valence-electron chi connectivity index (χ4n) is 3.09. The Bertz CT molecular complexity index is 962. The summed E-state index contributed by atoms with van der Waals surface area (Å²) in [6.45, 7) is 9.41. The van der Waals surface area contributed by atoms with E-state index in [2.05, 4.69) is 21.1 Å². The average Bonchev–Trinajstić information content (AvgIpc) is 2.66. The van der Waals surface area contributed by atoms with Gasteiger partial charge in [0.2, 0.25) is 0 Å². The highest BCUT2D eigenvalue weighted by Crippen LogP contribution is 2.43. The van der Waals surface area contributed by atoms with Crippen molar-refractivity contribution in [2.75, 3.05) is 5.75 Å². The van der Waals surface area contributed by atoms with Gasteiger partial charge in [0.1, 0.15) is 23.3 Å². The van der Waals surface area contributed by atoms with Crippen molar-refractivity contribution in [2.24, 2.45) is 5.16 Å². The van der Waals surface area contributed by atoms with Gasteiger partial charge in [-0.3, -0.25) is 9.69 Å². The molecule has 0 N–H and O–H groups in total. The molecule has 0 saturated carbocycles. The molecule has 160 valence electrons. The molecule has 1 amide bonds. The molecule has 2 aliphatic rings. The topological polar surface area (TPSA) is 68.2 Å². The van der Waals surface area contributed by atoms with Gasteiger partial charge in [0.05, 0.1) is 11.3 Å². The van der Waals surface area contributed by atoms with Crippen molar-refractivity contribution >= 4 is 45.3 Å². The van der Waals surface area contributed by atoms with Crippen molar-refractivity contribution in [3.8, 4) is 0 Å². The predicted molar refractivity (Wildman–Crippen MR) is 122 cm³/mol. The molecule has 0 bridgehead atoms. The number of nitrogens with zero attached hydrogens (tertiary/aromatic N) is 2. The Labute approximate surface area is 189 Å². The first-order valence-electron chi connectivity index (χ1n) is 9.58. The van der Waals surface area contributed by atoms with E-state index >= 15 is 0 Å². The second kappa shape index (κ2) is 8.98. The fraction of sp³-hybridized carbons (Fsp3) is 0.409. The number of esters is 1. The zero-order valence-corrected chi connectivity index (χ0v) is 20.1. The van der Waals surface area contributed by atoms with Gasteiger partial charge >= 0.3 is 5.97 Å². The molecule has 2 heterocycles. The standard InChI is InChI=1S/C22H25BrN2O4S/c1-13-12-30-20-16(19(26)25(20)18(13)21(27)29-22(3,4)5)10-14(2)24-28-11-15-8-6-7-9-17(15)23/h6-10,20H,11-12H2,1-5H3/b16-10-,24-14-. The van der Waals surface area contributed by atoms with Crippen LogP contribution in [0.4, 0.5) is 0 Å². The third-order valence-electron chi connectivity index (χ3n) is 4.41. The average molecular weight is 493 g/mol. The van der Waals surface area contributed by atoms with Crippen LogP contribution >= 0.6 is 27.7 Å². The van der Waals surface area contributed by atoms with E-state index in [-0.39, 0.29) is 11.3 Å². The number of ether oxygens (including phenoxy) is 1. The maximum Gasteiger partial charge on any atom is 0.355 e. The van der Waals surface area contributed by atoms with E-state index in [1.165, 1.54) is 4.90 Å². The van der Waals surface area contributed by atoms with E-state index in [9.17, 15) is 9.59 Å². The molecular weight excluding hydrogens is 468 g/mol. The first kappa shape index (κ1) is 22.6. The molecular formula is C22H25BrN2O4S. The monoisotopic (exact) mass is 492 g/mol. The highest BCUT2D eigenvalue weighted by atomic mass is 79.9. The van der Waals surface area contributed by atoms with Crippen molar-refractivity contribution in [1.82, 2.24) is 4.90 Å². The summed E-state index contributed by atoms with van der Waals surface area (Å²) in [5.41, 5.74) is 2.77. The van der Waals surface area contributed by atoms with Crippen molar-refractivity contribution < 1.29 is 19.2 Å². The molecule has 2 aliphatic heterocycles. The molecule has 0 aliphatic carbocycles. The maximum absolute atomic E-state index is 12.8. The normalized spacial score (nSPS) is 20.8. The van der Waals surface area contributed by atoms with Crippen LogP contribution < -0.4 is 0 Å². The highest BCUT2D eigenvalue weighted by molar-refractivity contribution is 9.10. The van der Waals surface area contributed by atoms with E-state index in [0.717, 1.165) is 15.6 Å². The summed E-state index contributed by atoms with van der Waals surface area (Å²) >= 11 is 5.08. The summed E-state index contributed by atoms with van der Waals surface area (Å²) in [6, 6.07) is 7.76. The third kappa shape index (κ3) is 4.98. The summed E-state index contributed by atoms with van der Waals surface area (Å²) < 4.78 is 6.46. The number of allylic oxidation sites excluding steroid dienone is 1.